The number of carbonyl (C=O) groups excluding carboxylic acids is 1. The molecular weight excluding hydrogens is 400 g/mol. The Balaban J connectivity index is 1.50. The number of carboxylic acids is 1. The molecule has 148 valence electrons. The van der Waals surface area contributed by atoms with Gasteiger partial charge in [-0.25, -0.2) is 9.36 Å². The number of aliphatic carboxylic acids is 1. The quantitative estimate of drug-likeness (QED) is 0.477. The number of nitrogen functional groups attached to an aromatic ring is 1. The van der Waals surface area contributed by atoms with E-state index in [2.05, 4.69) is 15.4 Å². The average molecular weight is 421 g/mol. The van der Waals surface area contributed by atoms with Crippen LogP contribution in [0.25, 0.3) is 11.4 Å². The molecule has 0 radical (unpaired) electrons. The van der Waals surface area contributed by atoms with Crippen molar-refractivity contribution in [3.8, 4) is 11.4 Å². The Morgan fingerprint density at radius 1 is 1.50 bits per heavy atom. The molecule has 1 saturated carbocycles. The second kappa shape index (κ2) is 6.68. The lowest BCUT2D eigenvalue weighted by Gasteiger charge is -2.39. The fraction of sp³-hybridized carbons (Fsp3) is 0.471. The lowest BCUT2D eigenvalue weighted by atomic mass is 9.67. The van der Waals surface area contributed by atoms with Crippen molar-refractivity contribution in [2.24, 2.45) is 11.8 Å². The van der Waals surface area contributed by atoms with Gasteiger partial charge < -0.3 is 10.9 Å². The van der Waals surface area contributed by atoms with Gasteiger partial charge in [0.05, 0.1) is 18.6 Å². The second-order valence-corrected chi connectivity index (χ2v) is 9.68. The Morgan fingerprint density at radius 3 is 2.89 bits per heavy atom. The predicted molar refractivity (Wildman–Crippen MR) is 106 cm³/mol. The van der Waals surface area contributed by atoms with E-state index in [0.29, 0.717) is 10.6 Å². The largest absolute Gasteiger partial charge is 0.481 e. The van der Waals surface area contributed by atoms with Crippen LogP contribution in [0, 0.1) is 16.6 Å². The van der Waals surface area contributed by atoms with Gasteiger partial charge >= 0.3 is 5.97 Å². The highest BCUT2D eigenvalue weighted by Crippen LogP contribution is 2.57. The van der Waals surface area contributed by atoms with Crippen molar-refractivity contribution in [2.45, 2.75) is 36.6 Å². The van der Waals surface area contributed by atoms with Crippen LogP contribution in [0.4, 0.5) is 0 Å². The van der Waals surface area contributed by atoms with Gasteiger partial charge in [0, 0.05) is 33.9 Å². The molecule has 0 bridgehead atoms. The molecule has 3 heterocycles. The van der Waals surface area contributed by atoms with Gasteiger partial charge in [0.2, 0.25) is 4.77 Å². The van der Waals surface area contributed by atoms with Gasteiger partial charge in [-0.3, -0.25) is 19.9 Å². The van der Waals surface area contributed by atoms with Crippen LogP contribution in [0.1, 0.15) is 13.8 Å². The molecule has 1 saturated heterocycles. The van der Waals surface area contributed by atoms with Crippen molar-refractivity contribution < 1.29 is 14.7 Å². The molecule has 1 aliphatic heterocycles. The normalized spacial score (nSPS) is 28.0. The number of nitrogens with one attached hydrogen (secondary N) is 1. The first-order valence-electron chi connectivity index (χ1n) is 8.75. The SMILES string of the molecule is CC1(C)SC2C(NCn3nc(-c4cccnc4)n(N)c3=S)C(=O)C2C1C(=O)O. The summed E-state index contributed by atoms with van der Waals surface area (Å²) in [5, 5.41) is 17.1. The molecule has 4 atom stereocenters. The molecule has 2 aliphatic rings. The smallest absolute Gasteiger partial charge is 0.308 e. The molecule has 0 spiro atoms. The Labute approximate surface area is 170 Å². The van der Waals surface area contributed by atoms with Crippen LogP contribution >= 0.6 is 24.0 Å². The van der Waals surface area contributed by atoms with Crippen molar-refractivity contribution in [1.29, 1.82) is 0 Å². The van der Waals surface area contributed by atoms with Crippen LogP contribution < -0.4 is 11.2 Å². The molecule has 1 aliphatic carbocycles. The summed E-state index contributed by atoms with van der Waals surface area (Å²) < 4.78 is 2.62. The molecule has 4 unspecified atom stereocenters. The molecule has 28 heavy (non-hydrogen) atoms. The predicted octanol–water partition coefficient (Wildman–Crippen LogP) is 0.899. The fourth-order valence-electron chi connectivity index (χ4n) is 4.04. The Kier molecular flexibility index (Phi) is 4.55. The number of hydrogen-bond donors (Lipinski definition) is 3. The highest BCUT2D eigenvalue weighted by atomic mass is 32.2. The monoisotopic (exact) mass is 420 g/mol. The van der Waals surface area contributed by atoms with E-state index in [4.69, 9.17) is 18.1 Å². The maximum atomic E-state index is 12.6. The molecule has 2 aromatic heterocycles. The van der Waals surface area contributed by atoms with Gasteiger partial charge in [0.1, 0.15) is 0 Å². The highest BCUT2D eigenvalue weighted by molar-refractivity contribution is 8.01. The summed E-state index contributed by atoms with van der Waals surface area (Å²) in [5.74, 6) is 4.39. The van der Waals surface area contributed by atoms with Crippen LogP contribution in [0.2, 0.25) is 0 Å². The van der Waals surface area contributed by atoms with Crippen LogP contribution in [0.5, 0.6) is 0 Å². The van der Waals surface area contributed by atoms with Crippen LogP contribution in [0.15, 0.2) is 24.5 Å². The van der Waals surface area contributed by atoms with Crippen molar-refractivity contribution >= 4 is 35.7 Å². The van der Waals surface area contributed by atoms with Crippen LogP contribution in [-0.4, -0.2) is 52.3 Å². The summed E-state index contributed by atoms with van der Waals surface area (Å²) in [6.45, 7) is 3.96. The van der Waals surface area contributed by atoms with Gasteiger partial charge in [0.25, 0.3) is 0 Å². The first-order valence-corrected chi connectivity index (χ1v) is 10.0. The molecular formula is C17H20N6O3S2. The van der Waals surface area contributed by atoms with Crippen molar-refractivity contribution in [2.75, 3.05) is 5.84 Å². The van der Waals surface area contributed by atoms with Crippen molar-refractivity contribution in [1.82, 2.24) is 24.8 Å². The van der Waals surface area contributed by atoms with Gasteiger partial charge in [-0.2, -0.15) is 0 Å². The summed E-state index contributed by atoms with van der Waals surface area (Å²) in [7, 11) is 0. The van der Waals surface area contributed by atoms with Crippen molar-refractivity contribution in [3.05, 3.63) is 29.3 Å². The number of pyridine rings is 1. The third kappa shape index (κ3) is 2.85. The standard InChI is InChI=1S/C17H20N6O3S2/c1-17(2)10(15(25)26)9-12(24)11(13(9)28-17)20-7-22-16(27)23(18)14(21-22)8-4-3-5-19-6-8/h3-6,9-11,13,20H,7,18H2,1-2H3,(H,25,26). The second-order valence-electron chi connectivity index (χ2n) is 7.49. The van der Waals surface area contributed by atoms with Gasteiger partial charge in [-0.05, 0) is 38.2 Å². The van der Waals surface area contributed by atoms with Crippen molar-refractivity contribution in [3.63, 3.8) is 0 Å². The molecule has 0 amide bonds. The summed E-state index contributed by atoms with van der Waals surface area (Å²) in [4.78, 5) is 28.3. The zero-order valence-electron chi connectivity index (χ0n) is 15.3. The first kappa shape index (κ1) is 19.1. The summed E-state index contributed by atoms with van der Waals surface area (Å²) in [5.41, 5.74) is 0.729. The summed E-state index contributed by atoms with van der Waals surface area (Å²) in [6.07, 6.45) is 3.29. The Morgan fingerprint density at radius 2 is 2.25 bits per heavy atom. The van der Waals surface area contributed by atoms with Crippen LogP contribution in [0.3, 0.4) is 0 Å². The number of carboxylic acid groups (broad SMARTS) is 1. The molecule has 4 N–H and O–H groups in total. The molecule has 9 nitrogen and oxygen atoms in total. The lowest BCUT2D eigenvalue weighted by molar-refractivity contribution is -0.151. The van der Waals surface area contributed by atoms with E-state index in [9.17, 15) is 14.7 Å². The molecule has 2 aromatic rings. The third-order valence-electron chi connectivity index (χ3n) is 5.38. The molecule has 2 fully saturated rings. The minimum Gasteiger partial charge on any atom is -0.481 e. The third-order valence-corrected chi connectivity index (χ3v) is 7.49. The summed E-state index contributed by atoms with van der Waals surface area (Å²) >= 11 is 6.90. The van der Waals surface area contributed by atoms with E-state index in [1.165, 1.54) is 9.36 Å². The zero-order valence-corrected chi connectivity index (χ0v) is 16.9. The molecule has 0 aromatic carbocycles. The number of hydrogen-bond acceptors (Lipinski definition) is 8. The van der Waals surface area contributed by atoms with E-state index >= 15 is 0 Å². The Hall–Kier alpha value is -2.24. The lowest BCUT2D eigenvalue weighted by Crippen LogP contribution is -2.62. The number of aromatic nitrogens is 4. The molecule has 11 heteroatoms. The minimum atomic E-state index is -0.915. The number of fused-ring (bicyclic) bond motifs is 1. The van der Waals surface area contributed by atoms with E-state index in [1.54, 1.807) is 30.2 Å². The van der Waals surface area contributed by atoms with E-state index in [0.717, 1.165) is 5.56 Å². The number of Topliss-reactive ketones (excluding diaryl/α,β-unsaturated/α-hetero) is 1. The fourth-order valence-corrected chi connectivity index (χ4v) is 6.13. The summed E-state index contributed by atoms with van der Waals surface area (Å²) in [6, 6.07) is 3.18. The van der Waals surface area contributed by atoms with Gasteiger partial charge in [0.15, 0.2) is 11.6 Å². The molecule has 4 rings (SSSR count). The number of ketones is 1. The number of rotatable bonds is 5. The first-order chi connectivity index (χ1) is 13.2. The van der Waals surface area contributed by atoms with Gasteiger partial charge in [-0.1, -0.05) is 0 Å². The number of carbonyl (C=O) groups is 2. The van der Waals surface area contributed by atoms with E-state index in [-0.39, 0.29) is 17.7 Å². The Bertz CT molecular complexity index is 1000. The number of nitrogens with two attached hydrogens (primary N) is 1. The van der Waals surface area contributed by atoms with Crippen LogP contribution in [-0.2, 0) is 16.3 Å². The maximum Gasteiger partial charge on any atom is 0.308 e. The topological polar surface area (TPSA) is 128 Å². The van der Waals surface area contributed by atoms with E-state index < -0.39 is 28.6 Å². The average Bonchev–Trinajstić information content (AvgIpc) is 3.08. The maximum absolute atomic E-state index is 12.6. The van der Waals surface area contributed by atoms with E-state index in [1.807, 2.05) is 19.9 Å². The number of thioether (sulfide) groups is 1. The number of nitrogens with zero attached hydrogens (tertiary/aromatic N) is 4. The minimum absolute atomic E-state index is 0.0679. The van der Waals surface area contributed by atoms with Gasteiger partial charge in [-0.15, -0.1) is 16.9 Å². The highest BCUT2D eigenvalue weighted by Gasteiger charge is 2.65. The zero-order chi connectivity index (χ0) is 20.2.